The molecule has 0 radical (unpaired) electrons. The van der Waals surface area contributed by atoms with Crippen LogP contribution in [0.4, 0.5) is 0 Å². The van der Waals surface area contributed by atoms with Gasteiger partial charge in [0.1, 0.15) is 11.5 Å². The number of rotatable bonds is 0. The zero-order chi connectivity index (χ0) is 12.8. The Morgan fingerprint density at radius 3 is 2.79 bits per heavy atom. The molecule has 2 aliphatic rings. The van der Waals surface area contributed by atoms with Crippen LogP contribution in [0.2, 0.25) is 0 Å². The number of likely N-dealkylation sites (N-methyl/N-ethyl adjacent to an activating group) is 1. The SMILES string of the molecule is CN1C[C@@H]2c3ncccc3Oc3ccccc3[C@@H]2C1. The summed E-state index contributed by atoms with van der Waals surface area (Å²) in [6, 6.07) is 12.4. The van der Waals surface area contributed by atoms with Crippen LogP contribution in [-0.2, 0) is 0 Å². The van der Waals surface area contributed by atoms with Gasteiger partial charge in [0.25, 0.3) is 0 Å². The second-order valence-electron chi connectivity index (χ2n) is 5.46. The smallest absolute Gasteiger partial charge is 0.149 e. The average Bonchev–Trinajstić information content (AvgIpc) is 2.76. The summed E-state index contributed by atoms with van der Waals surface area (Å²) in [6.07, 6.45) is 1.87. The van der Waals surface area contributed by atoms with Crippen LogP contribution in [0.15, 0.2) is 42.6 Å². The molecule has 0 bridgehead atoms. The highest BCUT2D eigenvalue weighted by atomic mass is 16.5. The Bertz CT molecular complexity index is 572. The van der Waals surface area contributed by atoms with Crippen LogP contribution in [0.1, 0.15) is 23.1 Å². The first-order valence-corrected chi connectivity index (χ1v) is 6.73. The molecule has 2 aromatic rings. The fraction of sp³-hybridized carbons (Fsp3) is 0.312. The first-order chi connectivity index (χ1) is 9.33. The minimum Gasteiger partial charge on any atom is -0.455 e. The van der Waals surface area contributed by atoms with Gasteiger partial charge in [-0.15, -0.1) is 0 Å². The number of fused-ring (bicyclic) bond motifs is 5. The molecule has 1 aromatic heterocycles. The number of aromatic nitrogens is 1. The van der Waals surface area contributed by atoms with Gasteiger partial charge < -0.3 is 9.64 Å². The monoisotopic (exact) mass is 252 g/mol. The van der Waals surface area contributed by atoms with E-state index in [4.69, 9.17) is 4.74 Å². The number of likely N-dealkylation sites (tertiary alicyclic amines) is 1. The van der Waals surface area contributed by atoms with E-state index < -0.39 is 0 Å². The molecule has 0 aliphatic carbocycles. The molecule has 2 atom stereocenters. The van der Waals surface area contributed by atoms with E-state index in [1.54, 1.807) is 0 Å². The third kappa shape index (κ3) is 1.65. The molecule has 0 N–H and O–H groups in total. The van der Waals surface area contributed by atoms with Crippen LogP contribution in [-0.4, -0.2) is 30.0 Å². The molecule has 0 spiro atoms. The summed E-state index contributed by atoms with van der Waals surface area (Å²) in [5.41, 5.74) is 2.42. The quantitative estimate of drug-likeness (QED) is 0.720. The minimum atomic E-state index is 0.435. The fourth-order valence-corrected chi connectivity index (χ4v) is 3.36. The van der Waals surface area contributed by atoms with E-state index in [2.05, 4.69) is 35.1 Å². The van der Waals surface area contributed by atoms with Crippen molar-refractivity contribution in [2.45, 2.75) is 11.8 Å². The maximum atomic E-state index is 6.09. The van der Waals surface area contributed by atoms with Gasteiger partial charge >= 0.3 is 0 Å². The van der Waals surface area contributed by atoms with Gasteiger partial charge in [0.05, 0.1) is 5.69 Å². The zero-order valence-electron chi connectivity index (χ0n) is 10.9. The minimum absolute atomic E-state index is 0.435. The van der Waals surface area contributed by atoms with Gasteiger partial charge in [-0.2, -0.15) is 0 Å². The van der Waals surface area contributed by atoms with Crippen molar-refractivity contribution in [3.8, 4) is 11.5 Å². The third-order valence-electron chi connectivity index (χ3n) is 4.19. The van der Waals surface area contributed by atoms with Gasteiger partial charge in [-0.25, -0.2) is 0 Å². The second kappa shape index (κ2) is 4.07. The molecule has 4 rings (SSSR count). The lowest BCUT2D eigenvalue weighted by molar-refractivity contribution is 0.400. The summed E-state index contributed by atoms with van der Waals surface area (Å²) in [7, 11) is 2.18. The fourth-order valence-electron chi connectivity index (χ4n) is 3.36. The van der Waals surface area contributed by atoms with Gasteiger partial charge in [0, 0.05) is 31.1 Å². The Balaban J connectivity index is 1.93. The largest absolute Gasteiger partial charge is 0.455 e. The van der Waals surface area contributed by atoms with E-state index in [-0.39, 0.29) is 0 Å². The lowest BCUT2D eigenvalue weighted by Gasteiger charge is -2.15. The number of nitrogens with zero attached hydrogens (tertiary/aromatic N) is 2. The summed E-state index contributed by atoms with van der Waals surface area (Å²) >= 11 is 0. The second-order valence-corrected chi connectivity index (χ2v) is 5.46. The molecular weight excluding hydrogens is 236 g/mol. The van der Waals surface area contributed by atoms with E-state index in [0.29, 0.717) is 11.8 Å². The van der Waals surface area contributed by atoms with Gasteiger partial charge in [-0.1, -0.05) is 18.2 Å². The number of hydrogen-bond acceptors (Lipinski definition) is 3. The summed E-state index contributed by atoms with van der Waals surface area (Å²) in [5, 5.41) is 0. The van der Waals surface area contributed by atoms with Gasteiger partial charge in [0.15, 0.2) is 0 Å². The summed E-state index contributed by atoms with van der Waals surface area (Å²) in [4.78, 5) is 6.97. The third-order valence-corrected chi connectivity index (χ3v) is 4.19. The topological polar surface area (TPSA) is 25.4 Å². The molecule has 1 aromatic carbocycles. The zero-order valence-corrected chi connectivity index (χ0v) is 10.9. The van der Waals surface area contributed by atoms with Crippen molar-refractivity contribution in [2.75, 3.05) is 20.1 Å². The predicted octanol–water partition coefficient (Wildman–Crippen LogP) is 3.00. The number of benzene rings is 1. The normalized spacial score (nSPS) is 24.9. The van der Waals surface area contributed by atoms with E-state index in [0.717, 1.165) is 30.3 Å². The standard InChI is InChI=1S/C16H16N2O/c1-18-9-12-11-5-2-3-6-14(11)19-15-7-4-8-17-16(15)13(12)10-18/h2-8,12-13H,9-10H2,1H3/t12-,13-/m0/s1. The summed E-state index contributed by atoms with van der Waals surface area (Å²) in [5.74, 6) is 2.82. The van der Waals surface area contributed by atoms with E-state index in [1.807, 2.05) is 24.4 Å². The molecule has 0 amide bonds. The number of para-hydroxylation sites is 1. The van der Waals surface area contributed by atoms with Crippen molar-refractivity contribution in [1.82, 2.24) is 9.88 Å². The van der Waals surface area contributed by atoms with Crippen LogP contribution >= 0.6 is 0 Å². The molecule has 0 unspecified atom stereocenters. The van der Waals surface area contributed by atoms with Crippen LogP contribution in [0.5, 0.6) is 11.5 Å². The molecule has 3 heterocycles. The van der Waals surface area contributed by atoms with Crippen molar-refractivity contribution in [2.24, 2.45) is 0 Å². The molecule has 1 fully saturated rings. The molecule has 19 heavy (non-hydrogen) atoms. The Morgan fingerprint density at radius 1 is 1.05 bits per heavy atom. The lowest BCUT2D eigenvalue weighted by Crippen LogP contribution is -2.14. The van der Waals surface area contributed by atoms with Crippen LogP contribution in [0.25, 0.3) is 0 Å². The summed E-state index contributed by atoms with van der Waals surface area (Å²) in [6.45, 7) is 2.12. The van der Waals surface area contributed by atoms with E-state index in [9.17, 15) is 0 Å². The maximum Gasteiger partial charge on any atom is 0.149 e. The Labute approximate surface area is 112 Å². The Hall–Kier alpha value is -1.87. The van der Waals surface area contributed by atoms with E-state index >= 15 is 0 Å². The highest BCUT2D eigenvalue weighted by Crippen LogP contribution is 2.48. The summed E-state index contributed by atoms with van der Waals surface area (Å²) < 4.78 is 6.09. The molecule has 3 heteroatoms. The molecule has 96 valence electrons. The number of hydrogen-bond donors (Lipinski definition) is 0. The highest BCUT2D eigenvalue weighted by Gasteiger charge is 2.39. The highest BCUT2D eigenvalue weighted by molar-refractivity contribution is 5.48. The van der Waals surface area contributed by atoms with Crippen molar-refractivity contribution in [3.05, 3.63) is 53.9 Å². The Kier molecular flexibility index (Phi) is 2.35. The van der Waals surface area contributed by atoms with Crippen LogP contribution < -0.4 is 4.74 Å². The number of pyridine rings is 1. The molecule has 1 saturated heterocycles. The van der Waals surface area contributed by atoms with Crippen molar-refractivity contribution in [1.29, 1.82) is 0 Å². The first-order valence-electron chi connectivity index (χ1n) is 6.73. The maximum absolute atomic E-state index is 6.09. The first kappa shape index (κ1) is 11.0. The van der Waals surface area contributed by atoms with Crippen molar-refractivity contribution < 1.29 is 4.74 Å². The van der Waals surface area contributed by atoms with E-state index in [1.165, 1.54) is 5.56 Å². The lowest BCUT2D eigenvalue weighted by atomic mass is 9.86. The van der Waals surface area contributed by atoms with Crippen LogP contribution in [0, 0.1) is 0 Å². The number of ether oxygens (including phenoxy) is 1. The molecular formula is C16H16N2O. The molecule has 2 aliphatic heterocycles. The van der Waals surface area contributed by atoms with Gasteiger partial charge in [0.2, 0.25) is 0 Å². The average molecular weight is 252 g/mol. The molecule has 0 saturated carbocycles. The van der Waals surface area contributed by atoms with Crippen molar-refractivity contribution >= 4 is 0 Å². The van der Waals surface area contributed by atoms with Gasteiger partial charge in [-0.3, -0.25) is 4.98 Å². The molecule has 3 nitrogen and oxygen atoms in total. The van der Waals surface area contributed by atoms with Crippen LogP contribution in [0.3, 0.4) is 0 Å². The van der Waals surface area contributed by atoms with Crippen molar-refractivity contribution in [3.63, 3.8) is 0 Å². The Morgan fingerprint density at radius 2 is 1.84 bits per heavy atom. The van der Waals surface area contributed by atoms with Gasteiger partial charge in [-0.05, 0) is 30.8 Å². The predicted molar refractivity (Wildman–Crippen MR) is 73.7 cm³/mol.